The average Bonchev–Trinajstić information content (AvgIpc) is 3.04. The van der Waals surface area contributed by atoms with E-state index in [1.807, 2.05) is 36.7 Å². The van der Waals surface area contributed by atoms with Crippen molar-refractivity contribution in [3.63, 3.8) is 0 Å². The second-order valence-corrected chi connectivity index (χ2v) is 5.76. The maximum absolute atomic E-state index is 12.3. The van der Waals surface area contributed by atoms with Crippen LogP contribution in [0.15, 0.2) is 47.8 Å². The molecule has 19 heavy (non-hydrogen) atoms. The first kappa shape index (κ1) is 12.4. The SMILES string of the molecule is CN1C(=O)C(Cc2ccccc2)NC1c1cccs1. The Morgan fingerprint density at radius 1 is 1.21 bits per heavy atom. The predicted octanol–water partition coefficient (Wildman–Crippen LogP) is 2.42. The molecule has 2 atom stereocenters. The predicted molar refractivity (Wildman–Crippen MR) is 76.9 cm³/mol. The molecule has 3 nitrogen and oxygen atoms in total. The van der Waals surface area contributed by atoms with Crippen LogP contribution in [0, 0.1) is 0 Å². The van der Waals surface area contributed by atoms with Gasteiger partial charge in [0.05, 0.1) is 6.04 Å². The summed E-state index contributed by atoms with van der Waals surface area (Å²) in [7, 11) is 1.87. The first-order valence-corrected chi connectivity index (χ1v) is 7.24. The van der Waals surface area contributed by atoms with Crippen LogP contribution in [0.3, 0.4) is 0 Å². The van der Waals surface area contributed by atoms with Crippen molar-refractivity contribution in [1.29, 1.82) is 0 Å². The third kappa shape index (κ3) is 2.41. The van der Waals surface area contributed by atoms with Crippen LogP contribution in [0.1, 0.15) is 16.6 Å². The Kier molecular flexibility index (Phi) is 3.36. The summed E-state index contributed by atoms with van der Waals surface area (Å²) in [5.41, 5.74) is 1.19. The van der Waals surface area contributed by atoms with Crippen molar-refractivity contribution in [2.45, 2.75) is 18.6 Å². The van der Waals surface area contributed by atoms with Gasteiger partial charge in [0.2, 0.25) is 5.91 Å². The van der Waals surface area contributed by atoms with Gasteiger partial charge in [-0.3, -0.25) is 10.1 Å². The zero-order valence-corrected chi connectivity index (χ0v) is 11.6. The summed E-state index contributed by atoms with van der Waals surface area (Å²) >= 11 is 1.68. The molecular formula is C15H16N2OS. The van der Waals surface area contributed by atoms with E-state index in [4.69, 9.17) is 0 Å². The third-order valence-electron chi connectivity index (χ3n) is 3.49. The molecule has 0 aliphatic carbocycles. The van der Waals surface area contributed by atoms with Crippen molar-refractivity contribution < 1.29 is 4.79 Å². The molecule has 1 saturated heterocycles. The van der Waals surface area contributed by atoms with E-state index in [0.717, 1.165) is 6.42 Å². The van der Waals surface area contributed by atoms with Gasteiger partial charge in [-0.15, -0.1) is 11.3 Å². The molecule has 0 bridgehead atoms. The Morgan fingerprint density at radius 3 is 2.68 bits per heavy atom. The van der Waals surface area contributed by atoms with Gasteiger partial charge in [-0.05, 0) is 23.4 Å². The number of nitrogens with zero attached hydrogens (tertiary/aromatic N) is 1. The van der Waals surface area contributed by atoms with Crippen molar-refractivity contribution >= 4 is 17.2 Å². The lowest BCUT2D eigenvalue weighted by Crippen LogP contribution is -2.31. The number of rotatable bonds is 3. The molecule has 2 heterocycles. The minimum Gasteiger partial charge on any atom is -0.324 e. The number of carbonyl (C=O) groups is 1. The highest BCUT2D eigenvalue weighted by Gasteiger charge is 2.37. The summed E-state index contributed by atoms with van der Waals surface area (Å²) in [5, 5.41) is 5.47. The average molecular weight is 272 g/mol. The van der Waals surface area contributed by atoms with Crippen LogP contribution < -0.4 is 5.32 Å². The van der Waals surface area contributed by atoms with Gasteiger partial charge in [0.25, 0.3) is 0 Å². The Balaban J connectivity index is 1.76. The van der Waals surface area contributed by atoms with Crippen LogP contribution >= 0.6 is 11.3 Å². The summed E-state index contributed by atoms with van der Waals surface area (Å²) in [4.78, 5) is 15.3. The molecular weight excluding hydrogens is 256 g/mol. The zero-order chi connectivity index (χ0) is 13.2. The van der Waals surface area contributed by atoms with E-state index >= 15 is 0 Å². The van der Waals surface area contributed by atoms with Crippen LogP contribution in [0.4, 0.5) is 0 Å². The maximum atomic E-state index is 12.3. The molecule has 1 fully saturated rings. The van der Waals surface area contributed by atoms with Crippen LogP contribution in [0.2, 0.25) is 0 Å². The quantitative estimate of drug-likeness (QED) is 0.930. The fourth-order valence-electron chi connectivity index (χ4n) is 2.46. The van der Waals surface area contributed by atoms with Gasteiger partial charge >= 0.3 is 0 Å². The molecule has 0 spiro atoms. The van der Waals surface area contributed by atoms with Crippen LogP contribution in [0.25, 0.3) is 0 Å². The number of hydrogen-bond donors (Lipinski definition) is 1. The minimum atomic E-state index is -0.125. The molecule has 1 aromatic heterocycles. The van der Waals surface area contributed by atoms with Gasteiger partial charge in [-0.1, -0.05) is 36.4 Å². The Hall–Kier alpha value is -1.65. The third-order valence-corrected chi connectivity index (χ3v) is 4.41. The highest BCUT2D eigenvalue weighted by Crippen LogP contribution is 2.28. The van der Waals surface area contributed by atoms with Gasteiger partial charge < -0.3 is 4.90 Å². The molecule has 1 aliphatic heterocycles. The van der Waals surface area contributed by atoms with Gasteiger partial charge in [-0.2, -0.15) is 0 Å². The number of nitrogens with one attached hydrogen (secondary N) is 1. The van der Waals surface area contributed by atoms with E-state index in [0.29, 0.717) is 0 Å². The second-order valence-electron chi connectivity index (χ2n) is 4.78. The second kappa shape index (κ2) is 5.15. The summed E-state index contributed by atoms with van der Waals surface area (Å²) in [5.74, 6) is 0.169. The molecule has 1 aliphatic rings. The summed E-state index contributed by atoms with van der Waals surface area (Å²) in [6, 6.07) is 14.1. The molecule has 1 N–H and O–H groups in total. The fraction of sp³-hybridized carbons (Fsp3) is 0.267. The van der Waals surface area contributed by atoms with Gasteiger partial charge in [-0.25, -0.2) is 0 Å². The molecule has 98 valence electrons. The zero-order valence-electron chi connectivity index (χ0n) is 10.7. The highest BCUT2D eigenvalue weighted by molar-refractivity contribution is 7.10. The maximum Gasteiger partial charge on any atom is 0.241 e. The summed E-state index contributed by atoms with van der Waals surface area (Å²) in [6.45, 7) is 0. The van der Waals surface area contributed by atoms with Crippen molar-refractivity contribution in [1.82, 2.24) is 10.2 Å². The van der Waals surface area contributed by atoms with Gasteiger partial charge in [0.15, 0.2) is 0 Å². The Bertz CT molecular complexity index is 553. The van der Waals surface area contributed by atoms with E-state index in [1.165, 1.54) is 10.4 Å². The normalized spacial score (nSPS) is 23.0. The minimum absolute atomic E-state index is 0.0150. The number of amides is 1. The summed E-state index contributed by atoms with van der Waals surface area (Å²) in [6.07, 6.45) is 0.757. The van der Waals surface area contributed by atoms with Crippen molar-refractivity contribution in [3.05, 3.63) is 58.3 Å². The molecule has 0 saturated carbocycles. The van der Waals surface area contributed by atoms with Crippen LogP contribution in [-0.4, -0.2) is 23.9 Å². The van der Waals surface area contributed by atoms with Crippen LogP contribution in [-0.2, 0) is 11.2 Å². The lowest BCUT2D eigenvalue weighted by atomic mass is 10.1. The summed E-state index contributed by atoms with van der Waals surface area (Å²) < 4.78 is 0. The number of carbonyl (C=O) groups excluding carboxylic acids is 1. The largest absolute Gasteiger partial charge is 0.324 e. The lowest BCUT2D eigenvalue weighted by Gasteiger charge is -2.17. The standard InChI is InChI=1S/C15H16N2OS/c1-17-14(13-8-5-9-19-13)16-12(15(17)18)10-11-6-3-2-4-7-11/h2-9,12,14,16H,10H2,1H3. The number of hydrogen-bond acceptors (Lipinski definition) is 3. The molecule has 0 radical (unpaired) electrons. The van der Waals surface area contributed by atoms with E-state index in [1.54, 1.807) is 16.2 Å². The van der Waals surface area contributed by atoms with Gasteiger partial charge in [0, 0.05) is 11.9 Å². The molecule has 2 aromatic rings. The molecule has 3 rings (SSSR count). The monoisotopic (exact) mass is 272 g/mol. The fourth-order valence-corrected chi connectivity index (χ4v) is 3.29. The first-order chi connectivity index (χ1) is 9.25. The van der Waals surface area contributed by atoms with Crippen molar-refractivity contribution in [2.24, 2.45) is 0 Å². The van der Waals surface area contributed by atoms with Crippen molar-refractivity contribution in [2.75, 3.05) is 7.05 Å². The van der Waals surface area contributed by atoms with Crippen molar-refractivity contribution in [3.8, 4) is 0 Å². The number of likely N-dealkylation sites (N-methyl/N-ethyl adjacent to an activating group) is 1. The lowest BCUT2D eigenvalue weighted by molar-refractivity contribution is -0.128. The van der Waals surface area contributed by atoms with Crippen LogP contribution in [0.5, 0.6) is 0 Å². The molecule has 2 unspecified atom stereocenters. The Labute approximate surface area is 116 Å². The Morgan fingerprint density at radius 2 is 2.00 bits per heavy atom. The van der Waals surface area contributed by atoms with E-state index in [9.17, 15) is 4.79 Å². The molecule has 1 aromatic carbocycles. The first-order valence-electron chi connectivity index (χ1n) is 6.36. The van der Waals surface area contributed by atoms with Gasteiger partial charge in [0.1, 0.15) is 6.17 Å². The van der Waals surface area contributed by atoms with E-state index < -0.39 is 0 Å². The van der Waals surface area contributed by atoms with E-state index in [2.05, 4.69) is 23.5 Å². The molecule has 4 heteroatoms. The van der Waals surface area contributed by atoms with E-state index in [-0.39, 0.29) is 18.1 Å². The highest BCUT2D eigenvalue weighted by atomic mass is 32.1. The molecule has 1 amide bonds. The smallest absolute Gasteiger partial charge is 0.241 e. The number of benzene rings is 1. The number of thiophene rings is 1. The topological polar surface area (TPSA) is 32.3 Å².